The molecule has 5 heterocycles. The van der Waals surface area contributed by atoms with Gasteiger partial charge in [0, 0.05) is 95.6 Å². The molecule has 5 rings (SSSR count). The van der Waals surface area contributed by atoms with Gasteiger partial charge in [0.2, 0.25) is 6.19 Å². The number of amidine groups is 1. The standard InChI is InChI=1S/C11H15ClN4O2.C10H9ClN4S.C7H14N4O3.C6H8ClN5O2S/c1-3-15(11(13-2)8-16(17)18)7-9-4-5-10(12)14-6-9;11-9-2-1-8(5-13-9)6-15-3-4-16-10(15)14-7-12;1-8-7(10-11(12)13)9-4-6-2-3-14-5-6;1-8-6(11-12(13)14)10-3-4-2-9-5(7)15-4/h4-6,8,13H,3,7H2,1-2H3;1-2,5H,3-4,6H2;6H,2-5H2,1H3,(H2,8,9,10);2H,3H2,1H3,(H2,8,10,11)/b11-8+;;;. The topological polar surface area (TPSA) is 305 Å². The van der Waals surface area contributed by atoms with E-state index in [1.807, 2.05) is 30.1 Å². The summed E-state index contributed by atoms with van der Waals surface area (Å²) in [4.78, 5) is 50.6. The maximum absolute atomic E-state index is 10.5. The molecule has 63 heavy (non-hydrogen) atoms. The maximum Gasteiger partial charge on any atom is 0.274 e. The summed E-state index contributed by atoms with van der Waals surface area (Å²) in [5.74, 6) is 2.12. The molecule has 0 amide bonds. The number of thiazole rings is 1. The van der Waals surface area contributed by atoms with E-state index in [1.165, 1.54) is 18.4 Å². The number of pyridine rings is 2. The van der Waals surface area contributed by atoms with Crippen molar-refractivity contribution in [3.63, 3.8) is 0 Å². The average molecular weight is 975 g/mol. The lowest BCUT2D eigenvalue weighted by atomic mass is 10.1. The molecule has 0 bridgehead atoms. The Hall–Kier alpha value is -5.85. The summed E-state index contributed by atoms with van der Waals surface area (Å²) in [6, 6.07) is 7.24. The number of thioether (sulfide) groups is 1. The molecule has 2 aliphatic rings. The van der Waals surface area contributed by atoms with Crippen LogP contribution in [0.5, 0.6) is 0 Å². The molecule has 2 aliphatic heterocycles. The van der Waals surface area contributed by atoms with Crippen molar-refractivity contribution in [2.24, 2.45) is 21.1 Å². The van der Waals surface area contributed by atoms with Crippen molar-refractivity contribution < 1.29 is 19.7 Å². The number of aliphatic imine (C=N–C) groups is 1. The van der Waals surface area contributed by atoms with Crippen LogP contribution in [0, 0.1) is 47.7 Å². The van der Waals surface area contributed by atoms with Crippen molar-refractivity contribution in [3.8, 4) is 6.19 Å². The minimum atomic E-state index is -0.779. The number of guanidine groups is 2. The third kappa shape index (κ3) is 22.7. The fourth-order valence-corrected chi connectivity index (χ4v) is 7.05. The van der Waals surface area contributed by atoms with Crippen LogP contribution in [-0.2, 0) is 24.4 Å². The Balaban J connectivity index is 0.000000290. The zero-order valence-corrected chi connectivity index (χ0v) is 38.3. The number of nitrogens with zero attached hydrogens (tertiary/aromatic N) is 12. The van der Waals surface area contributed by atoms with Crippen LogP contribution >= 0.6 is 57.9 Å². The van der Waals surface area contributed by atoms with Gasteiger partial charge in [-0.15, -0.1) is 16.3 Å². The van der Waals surface area contributed by atoms with Gasteiger partial charge in [0.25, 0.3) is 18.1 Å². The summed E-state index contributed by atoms with van der Waals surface area (Å²) < 4.78 is 5.60. The van der Waals surface area contributed by atoms with Crippen LogP contribution in [0.15, 0.2) is 70.1 Å². The number of halogens is 3. The van der Waals surface area contributed by atoms with E-state index in [-0.39, 0.29) is 11.9 Å². The highest BCUT2D eigenvalue weighted by Crippen LogP contribution is 2.21. The minimum Gasteiger partial charge on any atom is -0.381 e. The van der Waals surface area contributed by atoms with Gasteiger partial charge in [-0.25, -0.2) is 35.2 Å². The number of hydrogen-bond donors (Lipinski definition) is 5. The number of hydrogen-bond acceptors (Lipinski definition) is 16. The van der Waals surface area contributed by atoms with E-state index >= 15 is 0 Å². The number of nitriles is 1. The molecule has 3 aromatic rings. The normalized spacial score (nSPS) is 15.3. The van der Waals surface area contributed by atoms with Crippen molar-refractivity contribution in [1.29, 1.82) is 5.26 Å². The second-order valence-electron chi connectivity index (χ2n) is 12.2. The van der Waals surface area contributed by atoms with Crippen molar-refractivity contribution in [2.45, 2.75) is 33.0 Å². The number of hydrazone groups is 2. The van der Waals surface area contributed by atoms with Gasteiger partial charge < -0.3 is 41.1 Å². The van der Waals surface area contributed by atoms with Gasteiger partial charge in [-0.3, -0.25) is 10.1 Å². The molecule has 1 atom stereocenters. The average Bonchev–Trinajstić information content (AvgIpc) is 4.05. The molecule has 0 saturated carbocycles. The minimum absolute atomic E-state index is 0.0875. The first kappa shape index (κ1) is 53.3. The fraction of sp³-hybridized carbons (Fsp3) is 0.441. The molecule has 5 N–H and O–H groups in total. The number of rotatable bonds is 14. The lowest BCUT2D eigenvalue weighted by Gasteiger charge is -2.23. The second-order valence-corrected chi connectivity index (χ2v) is 15.8. The zero-order chi connectivity index (χ0) is 46.6. The smallest absolute Gasteiger partial charge is 0.274 e. The third-order valence-corrected chi connectivity index (χ3v) is 10.5. The summed E-state index contributed by atoms with van der Waals surface area (Å²) in [6.45, 7) is 7.24. The Labute approximate surface area is 385 Å². The van der Waals surface area contributed by atoms with E-state index in [0.29, 0.717) is 59.3 Å². The van der Waals surface area contributed by atoms with E-state index in [0.717, 1.165) is 59.2 Å². The zero-order valence-electron chi connectivity index (χ0n) is 34.4. The van der Waals surface area contributed by atoms with Crippen LogP contribution in [0.3, 0.4) is 0 Å². The Bertz CT molecular complexity index is 2050. The monoisotopic (exact) mass is 973 g/mol. The first-order valence-corrected chi connectivity index (χ1v) is 21.4. The summed E-state index contributed by atoms with van der Waals surface area (Å²) in [6.07, 6.45) is 8.76. The van der Waals surface area contributed by atoms with Gasteiger partial charge in [-0.2, -0.15) is 5.26 Å². The van der Waals surface area contributed by atoms with E-state index in [4.69, 9.17) is 44.8 Å². The molecule has 0 spiro atoms. The molecular weight excluding hydrogens is 929 g/mol. The SMILES string of the molecule is CCN(Cc1ccc(Cl)nc1)/C(=C/[N+](=O)[O-])NC.CN/C(=N\[N+](=O)[O-])NCC1CCOC1.CN/C(=N\[N+](=O)[O-])NCc1cnc(Cl)s1.N#CN=C1SCCN1Cc1ccc(Cl)nc1. The van der Waals surface area contributed by atoms with Crippen molar-refractivity contribution in [3.05, 3.63) is 116 Å². The molecule has 0 aliphatic carbocycles. The van der Waals surface area contributed by atoms with E-state index in [1.54, 1.807) is 56.6 Å². The van der Waals surface area contributed by atoms with E-state index in [2.05, 4.69) is 61.6 Å². The van der Waals surface area contributed by atoms with Crippen LogP contribution in [0.1, 0.15) is 29.3 Å². The van der Waals surface area contributed by atoms with Crippen LogP contribution in [0.4, 0.5) is 0 Å². The van der Waals surface area contributed by atoms with Crippen LogP contribution in [-0.4, -0.2) is 117 Å². The molecule has 2 saturated heterocycles. The maximum atomic E-state index is 10.5. The Morgan fingerprint density at radius 2 is 1.60 bits per heavy atom. The Morgan fingerprint density at radius 1 is 0.968 bits per heavy atom. The first-order valence-electron chi connectivity index (χ1n) is 18.5. The predicted molar refractivity (Wildman–Crippen MR) is 243 cm³/mol. The predicted octanol–water partition coefficient (Wildman–Crippen LogP) is 4.01. The molecule has 24 nitrogen and oxygen atoms in total. The highest BCUT2D eigenvalue weighted by atomic mass is 35.5. The molecule has 29 heteroatoms. The number of aromatic nitrogens is 3. The molecule has 2 fully saturated rings. The summed E-state index contributed by atoms with van der Waals surface area (Å²) in [5.41, 5.74) is 2.00. The molecule has 0 radical (unpaired) electrons. The molecule has 1 unspecified atom stereocenters. The van der Waals surface area contributed by atoms with Crippen LogP contribution in [0.2, 0.25) is 14.8 Å². The fourth-order valence-electron chi connectivity index (χ4n) is 4.97. The second kappa shape index (κ2) is 30.2. The highest BCUT2D eigenvalue weighted by Gasteiger charge is 2.20. The lowest BCUT2D eigenvalue weighted by Crippen LogP contribution is -2.38. The number of ether oxygens (including phenoxy) is 1. The van der Waals surface area contributed by atoms with Gasteiger partial charge in [-0.1, -0.05) is 58.7 Å². The highest BCUT2D eigenvalue weighted by molar-refractivity contribution is 8.14. The summed E-state index contributed by atoms with van der Waals surface area (Å²) in [7, 11) is 4.77. The van der Waals surface area contributed by atoms with Crippen LogP contribution in [0.25, 0.3) is 0 Å². The Kier molecular flexibility index (Phi) is 25.6. The Morgan fingerprint density at radius 3 is 2.08 bits per heavy atom. The first-order chi connectivity index (χ1) is 30.2. The van der Waals surface area contributed by atoms with Crippen LogP contribution < -0.4 is 26.6 Å². The van der Waals surface area contributed by atoms with E-state index < -0.39 is 15.0 Å². The molecular formula is C34H46Cl3N17O7S2. The molecule has 342 valence electrons. The van der Waals surface area contributed by atoms with Gasteiger partial charge in [-0.05, 0) is 36.6 Å². The molecule has 3 aromatic heterocycles. The number of nitrogens with one attached hydrogen (secondary N) is 5. The van der Waals surface area contributed by atoms with Crippen molar-refractivity contribution in [1.82, 2.24) is 51.3 Å². The van der Waals surface area contributed by atoms with Gasteiger partial charge in [0.1, 0.15) is 20.5 Å². The lowest BCUT2D eigenvalue weighted by molar-refractivity contribution is -0.485. The van der Waals surface area contributed by atoms with Gasteiger partial charge in [0.05, 0.1) is 18.1 Å². The molecule has 0 aromatic carbocycles. The number of nitro groups is 3. The van der Waals surface area contributed by atoms with Crippen molar-refractivity contribution in [2.75, 3.05) is 59.7 Å². The third-order valence-electron chi connectivity index (χ3n) is 7.91. The largest absolute Gasteiger partial charge is 0.381 e. The van der Waals surface area contributed by atoms with Gasteiger partial charge >= 0.3 is 0 Å². The summed E-state index contributed by atoms with van der Waals surface area (Å²) in [5, 5.41) is 59.2. The quantitative estimate of drug-likeness (QED) is 0.0381. The van der Waals surface area contributed by atoms with Gasteiger partial charge in [0.15, 0.2) is 25.5 Å². The van der Waals surface area contributed by atoms with Crippen molar-refractivity contribution >= 4 is 75.0 Å². The summed E-state index contributed by atoms with van der Waals surface area (Å²) >= 11 is 19.9. The van der Waals surface area contributed by atoms with E-state index in [9.17, 15) is 30.3 Å².